The van der Waals surface area contributed by atoms with Gasteiger partial charge in [0.05, 0.1) is 17.1 Å². The van der Waals surface area contributed by atoms with E-state index in [4.69, 9.17) is 9.84 Å². The summed E-state index contributed by atoms with van der Waals surface area (Å²) < 4.78 is 6.11. The Bertz CT molecular complexity index is 360. The van der Waals surface area contributed by atoms with Gasteiger partial charge in [-0.2, -0.15) is 0 Å². The van der Waals surface area contributed by atoms with Gasteiger partial charge in [-0.1, -0.05) is 11.1 Å². The van der Waals surface area contributed by atoms with E-state index in [9.17, 15) is 4.79 Å². The van der Waals surface area contributed by atoms with Crippen LogP contribution in [0.25, 0.3) is 0 Å². The number of hydrogen-bond donors (Lipinski definition) is 1. The van der Waals surface area contributed by atoms with Crippen LogP contribution in [0.4, 0.5) is 0 Å². The second kappa shape index (κ2) is 7.26. The van der Waals surface area contributed by atoms with Gasteiger partial charge in [-0.25, -0.2) is 0 Å². The highest BCUT2D eigenvalue weighted by molar-refractivity contribution is 5.73. The van der Waals surface area contributed by atoms with Crippen LogP contribution in [0.1, 0.15) is 74.7 Å². The first kappa shape index (κ1) is 19.2. The third-order valence-corrected chi connectivity index (χ3v) is 3.82. The van der Waals surface area contributed by atoms with Crippen molar-refractivity contribution < 1.29 is 14.6 Å². The summed E-state index contributed by atoms with van der Waals surface area (Å²) in [6.07, 6.45) is 2.35. The molecule has 0 rings (SSSR count). The fourth-order valence-corrected chi connectivity index (χ4v) is 2.13. The lowest BCUT2D eigenvalue weighted by Gasteiger charge is -2.31. The second-order valence-corrected chi connectivity index (χ2v) is 7.37. The van der Waals surface area contributed by atoms with Crippen LogP contribution >= 0.6 is 0 Å². The monoisotopic (exact) mass is 284 g/mol. The molecule has 0 amide bonds. The molecule has 0 bridgehead atoms. The number of hydrogen-bond acceptors (Lipinski definition) is 2. The molecular formula is C17H32O3. The number of ether oxygens (including phenoxy) is 1. The Morgan fingerprint density at radius 3 is 2.05 bits per heavy atom. The van der Waals surface area contributed by atoms with E-state index in [1.54, 1.807) is 13.8 Å². The van der Waals surface area contributed by atoms with Crippen LogP contribution in [0, 0.1) is 5.41 Å². The average Bonchev–Trinajstić information content (AvgIpc) is 2.24. The van der Waals surface area contributed by atoms with Crippen LogP contribution < -0.4 is 0 Å². The van der Waals surface area contributed by atoms with Crippen LogP contribution in [0.15, 0.2) is 11.1 Å². The molecule has 1 atom stereocenters. The van der Waals surface area contributed by atoms with Crippen molar-refractivity contribution in [3.05, 3.63) is 11.1 Å². The number of aliphatic carboxylic acids is 1. The molecule has 0 aliphatic rings. The van der Waals surface area contributed by atoms with Gasteiger partial charge in [0.25, 0.3) is 0 Å². The van der Waals surface area contributed by atoms with E-state index in [2.05, 4.69) is 34.6 Å². The largest absolute Gasteiger partial charge is 0.481 e. The number of allylic oxidation sites excluding steroid dienone is 1. The van der Waals surface area contributed by atoms with Crippen LogP contribution in [0.3, 0.4) is 0 Å². The smallest absolute Gasteiger partial charge is 0.309 e. The number of carbonyl (C=O) groups is 1. The zero-order valence-electron chi connectivity index (χ0n) is 14.5. The number of rotatable bonds is 8. The minimum Gasteiger partial charge on any atom is -0.481 e. The maximum atomic E-state index is 11.1. The fraction of sp³-hybridized carbons (Fsp3) is 0.824. The molecule has 0 fully saturated rings. The molecule has 20 heavy (non-hydrogen) atoms. The molecule has 0 radical (unpaired) electrons. The zero-order chi connectivity index (χ0) is 16.1. The maximum absolute atomic E-state index is 11.1. The van der Waals surface area contributed by atoms with Gasteiger partial charge in [0.15, 0.2) is 0 Å². The Balaban J connectivity index is 4.43. The molecule has 3 nitrogen and oxygen atoms in total. The van der Waals surface area contributed by atoms with Crippen molar-refractivity contribution in [3.63, 3.8) is 0 Å². The lowest BCUT2D eigenvalue weighted by atomic mass is 9.87. The maximum Gasteiger partial charge on any atom is 0.309 e. The SMILES string of the molecule is CC(C)=C(C)CC(C)(C)OC(C)CCC(C)(C)C(=O)O. The van der Waals surface area contributed by atoms with E-state index in [1.807, 2.05) is 6.92 Å². The highest BCUT2D eigenvalue weighted by Crippen LogP contribution is 2.28. The minimum atomic E-state index is -0.746. The summed E-state index contributed by atoms with van der Waals surface area (Å²) in [6, 6.07) is 0. The molecule has 1 N–H and O–H groups in total. The number of carboxylic acids is 1. The molecule has 0 heterocycles. The first-order valence-corrected chi connectivity index (χ1v) is 7.41. The van der Waals surface area contributed by atoms with Gasteiger partial charge in [0.2, 0.25) is 0 Å². The Morgan fingerprint density at radius 1 is 1.15 bits per heavy atom. The van der Waals surface area contributed by atoms with Crippen molar-refractivity contribution >= 4 is 5.97 Å². The third-order valence-electron chi connectivity index (χ3n) is 3.82. The highest BCUT2D eigenvalue weighted by atomic mass is 16.5. The summed E-state index contributed by atoms with van der Waals surface area (Å²) >= 11 is 0. The normalized spacial score (nSPS) is 14.0. The van der Waals surface area contributed by atoms with Crippen LogP contribution in [-0.4, -0.2) is 22.8 Å². The van der Waals surface area contributed by atoms with Gasteiger partial charge in [0.1, 0.15) is 0 Å². The van der Waals surface area contributed by atoms with Crippen molar-refractivity contribution in [2.24, 2.45) is 5.41 Å². The average molecular weight is 284 g/mol. The Labute approximate surface area is 124 Å². The molecule has 0 aromatic heterocycles. The third kappa shape index (κ3) is 7.09. The molecule has 118 valence electrons. The summed E-state index contributed by atoms with van der Waals surface area (Å²) in [7, 11) is 0. The van der Waals surface area contributed by atoms with E-state index in [-0.39, 0.29) is 11.7 Å². The van der Waals surface area contributed by atoms with Gasteiger partial charge in [0, 0.05) is 0 Å². The highest BCUT2D eigenvalue weighted by Gasteiger charge is 2.29. The topological polar surface area (TPSA) is 46.5 Å². The summed E-state index contributed by atoms with van der Waals surface area (Å²) in [5.74, 6) is -0.746. The van der Waals surface area contributed by atoms with E-state index in [1.165, 1.54) is 11.1 Å². The summed E-state index contributed by atoms with van der Waals surface area (Å²) in [5.41, 5.74) is 1.79. The van der Waals surface area contributed by atoms with E-state index >= 15 is 0 Å². The molecule has 0 saturated heterocycles. The summed E-state index contributed by atoms with van der Waals surface area (Å²) in [5, 5.41) is 9.12. The Kier molecular flexibility index (Phi) is 6.96. The van der Waals surface area contributed by atoms with Gasteiger partial charge >= 0.3 is 5.97 Å². The number of carboxylic acid groups (broad SMARTS) is 1. The summed E-state index contributed by atoms with van der Waals surface area (Å²) in [4.78, 5) is 11.1. The predicted molar refractivity (Wildman–Crippen MR) is 83.9 cm³/mol. The molecule has 0 aromatic rings. The first-order chi connectivity index (χ1) is 8.87. The fourth-order valence-electron chi connectivity index (χ4n) is 2.13. The molecule has 3 heteroatoms. The molecule has 0 aliphatic heterocycles. The van der Waals surface area contributed by atoms with Crippen molar-refractivity contribution in [2.75, 3.05) is 0 Å². The van der Waals surface area contributed by atoms with E-state index in [0.717, 1.165) is 12.8 Å². The zero-order valence-corrected chi connectivity index (χ0v) is 14.5. The lowest BCUT2D eigenvalue weighted by Crippen LogP contribution is -2.31. The van der Waals surface area contributed by atoms with Crippen LogP contribution in [-0.2, 0) is 9.53 Å². The van der Waals surface area contributed by atoms with Gasteiger partial charge in [-0.3, -0.25) is 4.79 Å². The molecule has 1 unspecified atom stereocenters. The van der Waals surface area contributed by atoms with Crippen molar-refractivity contribution in [3.8, 4) is 0 Å². The standard InChI is InChI=1S/C17H32O3/c1-12(2)13(3)11-17(7,8)20-14(4)9-10-16(5,6)15(18)19/h14H,9-11H2,1-8H3,(H,18,19). The van der Waals surface area contributed by atoms with Gasteiger partial charge in [-0.05, 0) is 74.7 Å². The van der Waals surface area contributed by atoms with Crippen molar-refractivity contribution in [1.82, 2.24) is 0 Å². The van der Waals surface area contributed by atoms with E-state index in [0.29, 0.717) is 6.42 Å². The predicted octanol–water partition coefficient (Wildman–Crippen LogP) is 4.81. The lowest BCUT2D eigenvalue weighted by molar-refractivity contribution is -0.148. The quantitative estimate of drug-likeness (QED) is 0.651. The van der Waals surface area contributed by atoms with E-state index < -0.39 is 11.4 Å². The summed E-state index contributed by atoms with van der Waals surface area (Å²) in [6.45, 7) is 16.1. The molecule has 0 saturated carbocycles. The van der Waals surface area contributed by atoms with Crippen LogP contribution in [0.2, 0.25) is 0 Å². The van der Waals surface area contributed by atoms with Gasteiger partial charge in [-0.15, -0.1) is 0 Å². The molecule has 0 aliphatic carbocycles. The van der Waals surface area contributed by atoms with Crippen molar-refractivity contribution in [2.45, 2.75) is 86.4 Å². The molecular weight excluding hydrogens is 252 g/mol. The first-order valence-electron chi connectivity index (χ1n) is 7.41. The Hall–Kier alpha value is -0.830. The van der Waals surface area contributed by atoms with Crippen LogP contribution in [0.5, 0.6) is 0 Å². The second-order valence-electron chi connectivity index (χ2n) is 7.37. The minimum absolute atomic E-state index is 0.0635. The van der Waals surface area contributed by atoms with Gasteiger partial charge < -0.3 is 9.84 Å². The molecule has 0 spiro atoms. The van der Waals surface area contributed by atoms with Crippen molar-refractivity contribution in [1.29, 1.82) is 0 Å². The Morgan fingerprint density at radius 2 is 1.65 bits per heavy atom. The molecule has 0 aromatic carbocycles.